The number of nitrogens with zero attached hydrogens (tertiary/aromatic N) is 3. The molecule has 0 bridgehead atoms. The lowest BCUT2D eigenvalue weighted by Crippen LogP contribution is -2.34. The van der Waals surface area contributed by atoms with Crippen molar-refractivity contribution in [2.45, 2.75) is 19.5 Å². The van der Waals surface area contributed by atoms with Crippen LogP contribution in [0, 0.1) is 0 Å². The third-order valence-electron chi connectivity index (χ3n) is 2.98. The third-order valence-corrected chi connectivity index (χ3v) is 2.98. The maximum Gasteiger partial charge on any atom is 0.292 e. The number of aliphatic hydroxyl groups is 2. The highest BCUT2D eigenvalue weighted by molar-refractivity contribution is 5.62. The zero-order valence-electron chi connectivity index (χ0n) is 10.2. The number of hydrogen-bond acceptors (Lipinski definition) is 6. The Balaban J connectivity index is 2.48. The monoisotopic (exact) mass is 257 g/mol. The summed E-state index contributed by atoms with van der Waals surface area (Å²) in [6, 6.07) is 0. The van der Waals surface area contributed by atoms with Crippen molar-refractivity contribution in [2.75, 3.05) is 37.0 Å². The highest BCUT2D eigenvalue weighted by atomic mass is 16.3. The molecule has 0 saturated carbocycles. The predicted octanol–water partition coefficient (Wildman–Crippen LogP) is -2.07. The first-order valence-electron chi connectivity index (χ1n) is 6.02. The lowest BCUT2D eigenvalue weighted by Gasteiger charge is -2.21. The van der Waals surface area contributed by atoms with Gasteiger partial charge in [-0.25, -0.2) is 10.1 Å². The van der Waals surface area contributed by atoms with Crippen molar-refractivity contribution in [3.63, 3.8) is 0 Å². The van der Waals surface area contributed by atoms with Gasteiger partial charge in [-0.15, -0.1) is 0 Å². The molecule has 1 aromatic rings. The van der Waals surface area contributed by atoms with E-state index in [4.69, 9.17) is 15.9 Å². The van der Waals surface area contributed by atoms with Gasteiger partial charge in [0.1, 0.15) is 5.69 Å². The van der Waals surface area contributed by atoms with E-state index < -0.39 is 0 Å². The van der Waals surface area contributed by atoms with E-state index in [0.717, 1.165) is 19.5 Å². The quantitative estimate of drug-likeness (QED) is 0.482. The second-order valence-corrected chi connectivity index (χ2v) is 4.15. The summed E-state index contributed by atoms with van der Waals surface area (Å²) in [5, 5.41) is 19.9. The summed E-state index contributed by atoms with van der Waals surface area (Å²) >= 11 is 0. The number of nitrogen functional groups attached to an aromatic ring is 1. The Morgan fingerprint density at radius 3 is 2.44 bits per heavy atom. The molecule has 1 aliphatic heterocycles. The van der Waals surface area contributed by atoms with Crippen LogP contribution in [0.15, 0.2) is 4.79 Å². The molecule has 2 rings (SSSR count). The zero-order chi connectivity index (χ0) is 13.1. The van der Waals surface area contributed by atoms with Crippen LogP contribution in [0.3, 0.4) is 0 Å². The van der Waals surface area contributed by atoms with Crippen molar-refractivity contribution in [1.82, 2.24) is 14.8 Å². The molecule has 1 aromatic heterocycles. The van der Waals surface area contributed by atoms with E-state index in [1.165, 1.54) is 4.68 Å². The zero-order valence-corrected chi connectivity index (χ0v) is 10.2. The van der Waals surface area contributed by atoms with Gasteiger partial charge >= 0.3 is 0 Å². The van der Waals surface area contributed by atoms with E-state index >= 15 is 0 Å². The number of aromatic nitrogens is 2. The fourth-order valence-electron chi connectivity index (χ4n) is 2.23. The van der Waals surface area contributed by atoms with E-state index in [1.54, 1.807) is 4.68 Å². The Kier molecular flexibility index (Phi) is 3.90. The van der Waals surface area contributed by atoms with Gasteiger partial charge in [0.15, 0.2) is 5.82 Å². The topological polar surface area (TPSA) is 109 Å². The summed E-state index contributed by atoms with van der Waals surface area (Å²) in [5.74, 6) is 0.569. The maximum atomic E-state index is 12.0. The molecule has 0 aromatic carbocycles. The number of hydrazine groups is 1. The van der Waals surface area contributed by atoms with Gasteiger partial charge < -0.3 is 15.9 Å². The molecule has 102 valence electrons. The first-order valence-corrected chi connectivity index (χ1v) is 6.02. The number of anilines is 2. The summed E-state index contributed by atoms with van der Waals surface area (Å²) in [7, 11) is 0. The SMILES string of the molecule is Nc1c(N2CCCN2)n(CCO)n(CCO)c1=O. The minimum absolute atomic E-state index is 0.0974. The van der Waals surface area contributed by atoms with Gasteiger partial charge in [-0.05, 0) is 6.42 Å². The first kappa shape index (κ1) is 12.9. The average molecular weight is 257 g/mol. The third kappa shape index (κ3) is 2.09. The molecule has 0 unspecified atom stereocenters. The molecule has 2 heterocycles. The van der Waals surface area contributed by atoms with Crippen LogP contribution in [0.4, 0.5) is 11.5 Å². The summed E-state index contributed by atoms with van der Waals surface area (Å²) in [4.78, 5) is 12.0. The fourth-order valence-corrected chi connectivity index (χ4v) is 2.23. The second-order valence-electron chi connectivity index (χ2n) is 4.15. The first-order chi connectivity index (χ1) is 8.70. The molecule has 0 atom stereocenters. The van der Waals surface area contributed by atoms with Gasteiger partial charge in [-0.1, -0.05) is 0 Å². The van der Waals surface area contributed by atoms with Crippen molar-refractivity contribution in [2.24, 2.45) is 0 Å². The van der Waals surface area contributed by atoms with Crippen LogP contribution in [0.25, 0.3) is 0 Å². The van der Waals surface area contributed by atoms with Crippen LogP contribution < -0.4 is 21.7 Å². The number of aliphatic hydroxyl groups excluding tert-OH is 2. The van der Waals surface area contributed by atoms with Crippen molar-refractivity contribution >= 4 is 11.5 Å². The van der Waals surface area contributed by atoms with Gasteiger partial charge in [0, 0.05) is 13.1 Å². The molecule has 8 heteroatoms. The van der Waals surface area contributed by atoms with Crippen LogP contribution in [0.1, 0.15) is 6.42 Å². The maximum absolute atomic E-state index is 12.0. The number of nitrogens with two attached hydrogens (primary N) is 1. The lowest BCUT2D eigenvalue weighted by molar-refractivity contribution is 0.229. The fraction of sp³-hybridized carbons (Fsp3) is 0.700. The van der Waals surface area contributed by atoms with Crippen molar-refractivity contribution in [3.8, 4) is 0 Å². The van der Waals surface area contributed by atoms with E-state index in [0.29, 0.717) is 5.82 Å². The Bertz CT molecular complexity index is 461. The van der Waals surface area contributed by atoms with Crippen LogP contribution in [0.2, 0.25) is 0 Å². The van der Waals surface area contributed by atoms with Crippen molar-refractivity contribution in [3.05, 3.63) is 10.4 Å². The molecule has 0 radical (unpaired) electrons. The average Bonchev–Trinajstić information content (AvgIpc) is 2.94. The summed E-state index contributed by atoms with van der Waals surface area (Å²) < 4.78 is 2.98. The molecular formula is C10H19N5O3. The highest BCUT2D eigenvalue weighted by Crippen LogP contribution is 2.21. The molecule has 0 amide bonds. The number of nitrogens with one attached hydrogen (secondary N) is 1. The Morgan fingerprint density at radius 1 is 1.22 bits per heavy atom. The summed E-state index contributed by atoms with van der Waals surface area (Å²) in [6.07, 6.45) is 0.970. The predicted molar refractivity (Wildman–Crippen MR) is 67.2 cm³/mol. The molecule has 18 heavy (non-hydrogen) atoms. The summed E-state index contributed by atoms with van der Waals surface area (Å²) in [5.41, 5.74) is 8.79. The van der Waals surface area contributed by atoms with Gasteiger partial charge in [0.25, 0.3) is 5.56 Å². The molecule has 8 nitrogen and oxygen atoms in total. The van der Waals surface area contributed by atoms with Crippen LogP contribution >= 0.6 is 0 Å². The van der Waals surface area contributed by atoms with Gasteiger partial charge in [0.2, 0.25) is 0 Å². The second kappa shape index (κ2) is 5.42. The molecule has 1 saturated heterocycles. The Labute approximate surface area is 104 Å². The van der Waals surface area contributed by atoms with E-state index in [9.17, 15) is 4.79 Å². The minimum atomic E-state index is -0.332. The highest BCUT2D eigenvalue weighted by Gasteiger charge is 2.24. The van der Waals surface area contributed by atoms with Crippen molar-refractivity contribution in [1.29, 1.82) is 0 Å². The Morgan fingerprint density at radius 2 is 1.89 bits per heavy atom. The normalized spacial score (nSPS) is 15.6. The van der Waals surface area contributed by atoms with Gasteiger partial charge in [0.05, 0.1) is 26.3 Å². The molecular weight excluding hydrogens is 238 g/mol. The van der Waals surface area contributed by atoms with Crippen molar-refractivity contribution < 1.29 is 10.2 Å². The smallest absolute Gasteiger partial charge is 0.292 e. The number of rotatable bonds is 5. The Hall–Kier alpha value is -1.51. The number of hydrogen-bond donors (Lipinski definition) is 4. The van der Waals surface area contributed by atoms with Crippen LogP contribution in [0.5, 0.6) is 0 Å². The molecule has 1 fully saturated rings. The largest absolute Gasteiger partial charge is 0.394 e. The van der Waals surface area contributed by atoms with Gasteiger partial charge in [-0.3, -0.25) is 14.5 Å². The summed E-state index contributed by atoms with van der Waals surface area (Å²) in [6.45, 7) is 1.77. The lowest BCUT2D eigenvalue weighted by atomic mass is 10.4. The van der Waals surface area contributed by atoms with Crippen LogP contribution in [-0.2, 0) is 13.1 Å². The van der Waals surface area contributed by atoms with E-state index in [2.05, 4.69) is 5.43 Å². The molecule has 1 aliphatic rings. The van der Waals surface area contributed by atoms with Gasteiger partial charge in [-0.2, -0.15) is 0 Å². The molecule has 0 spiro atoms. The van der Waals surface area contributed by atoms with E-state index in [1.807, 2.05) is 5.01 Å². The minimum Gasteiger partial charge on any atom is -0.394 e. The standard InChI is InChI=1S/C10H19N5O3/c11-8-9(13-3-1-2-12-13)14(4-6-16)15(5-7-17)10(8)18/h12,16-17H,1-7,11H2. The van der Waals surface area contributed by atoms with E-state index in [-0.39, 0.29) is 37.5 Å². The van der Waals surface area contributed by atoms with Crippen LogP contribution in [-0.4, -0.2) is 45.9 Å². The molecule has 0 aliphatic carbocycles. The molecule has 5 N–H and O–H groups in total.